The highest BCUT2D eigenvalue weighted by Crippen LogP contribution is 2.14. The van der Waals surface area contributed by atoms with Crippen molar-refractivity contribution in [3.63, 3.8) is 0 Å². The number of rotatable bonds is 34. The minimum atomic E-state index is -0.969. The Morgan fingerprint density at radius 1 is 0.512 bits per heavy atom. The Morgan fingerprint density at radius 2 is 0.829 bits per heavy atom. The molecule has 0 aliphatic heterocycles. The third-order valence-corrected chi connectivity index (χ3v) is 8.35. The van der Waals surface area contributed by atoms with Crippen LogP contribution in [0.2, 0.25) is 0 Å². The molecule has 0 rings (SSSR count). The van der Waals surface area contributed by atoms with Crippen LogP contribution in [0, 0.1) is 0 Å². The fourth-order valence-electron chi connectivity index (χ4n) is 5.55. The molecule has 0 amide bonds. The number of hydrogen-bond donors (Lipinski definition) is 2. The topological polar surface area (TPSA) is 75.6 Å². The van der Waals surface area contributed by atoms with Crippen molar-refractivity contribution in [2.75, 3.05) is 13.2 Å². The number of nitrogens with one attached hydrogen (secondary N) is 1. The Balaban J connectivity index is 3.50. The van der Waals surface area contributed by atoms with Crippen LogP contribution < -0.4 is 5.32 Å². The average Bonchev–Trinajstić information content (AvgIpc) is 2.96. The smallest absolute Gasteiger partial charge is 0.321 e. The fraction of sp³-hybridized carbons (Fsp3) is 0.944. The Hall–Kier alpha value is -1.10. The lowest BCUT2D eigenvalue weighted by Crippen LogP contribution is -2.39. The molecule has 0 saturated carbocycles. The van der Waals surface area contributed by atoms with Crippen molar-refractivity contribution in [3.8, 4) is 0 Å². The van der Waals surface area contributed by atoms with Gasteiger partial charge >= 0.3 is 11.9 Å². The minimum absolute atomic E-state index is 0.0908. The van der Waals surface area contributed by atoms with Gasteiger partial charge in [-0.3, -0.25) is 9.59 Å². The molecule has 0 aromatic rings. The van der Waals surface area contributed by atoms with Gasteiger partial charge in [0.05, 0.1) is 13.0 Å². The summed E-state index contributed by atoms with van der Waals surface area (Å²) in [7, 11) is 0. The summed E-state index contributed by atoms with van der Waals surface area (Å²) in [6.07, 6.45) is 36.3. The molecule has 244 valence electrons. The first-order chi connectivity index (χ1) is 20.1. The lowest BCUT2D eigenvalue weighted by atomic mass is 10.0. The van der Waals surface area contributed by atoms with E-state index in [2.05, 4.69) is 19.2 Å². The van der Waals surface area contributed by atoms with E-state index in [4.69, 9.17) is 4.74 Å². The molecule has 0 aliphatic carbocycles. The van der Waals surface area contributed by atoms with Crippen molar-refractivity contribution in [2.24, 2.45) is 0 Å². The van der Waals surface area contributed by atoms with Crippen LogP contribution in [0.15, 0.2) is 0 Å². The highest BCUT2D eigenvalue weighted by atomic mass is 16.5. The van der Waals surface area contributed by atoms with Crippen LogP contribution in [0.25, 0.3) is 0 Å². The molecule has 0 heterocycles. The molecule has 0 aliphatic rings. The van der Waals surface area contributed by atoms with Crippen LogP contribution in [0.5, 0.6) is 0 Å². The van der Waals surface area contributed by atoms with Crippen molar-refractivity contribution in [1.29, 1.82) is 0 Å². The number of aliphatic carboxylic acids is 1. The van der Waals surface area contributed by atoms with Crippen molar-refractivity contribution in [1.82, 2.24) is 5.32 Å². The van der Waals surface area contributed by atoms with Crippen LogP contribution >= 0.6 is 0 Å². The zero-order valence-corrected chi connectivity index (χ0v) is 27.7. The zero-order valence-electron chi connectivity index (χ0n) is 27.7. The Labute approximate surface area is 255 Å². The summed E-state index contributed by atoms with van der Waals surface area (Å²) in [6, 6.07) is -0.846. The Bertz CT molecular complexity index is 554. The summed E-state index contributed by atoms with van der Waals surface area (Å²) in [6.45, 7) is 5.58. The van der Waals surface area contributed by atoms with Crippen LogP contribution in [-0.2, 0) is 14.3 Å². The van der Waals surface area contributed by atoms with Gasteiger partial charge in [-0.25, -0.2) is 0 Å². The number of carbonyl (C=O) groups is 2. The maximum absolute atomic E-state index is 12.1. The van der Waals surface area contributed by atoms with Gasteiger partial charge in [0.1, 0.15) is 6.04 Å². The van der Waals surface area contributed by atoms with Crippen molar-refractivity contribution in [2.45, 2.75) is 206 Å². The molecule has 0 radical (unpaired) electrons. The van der Waals surface area contributed by atoms with E-state index in [0.29, 0.717) is 13.2 Å². The molecule has 0 aromatic heterocycles. The fourth-order valence-corrected chi connectivity index (χ4v) is 5.55. The van der Waals surface area contributed by atoms with Crippen LogP contribution in [0.4, 0.5) is 0 Å². The molecule has 2 N–H and O–H groups in total. The van der Waals surface area contributed by atoms with E-state index in [9.17, 15) is 14.7 Å². The molecular weight excluding hydrogens is 510 g/mol. The summed E-state index contributed by atoms with van der Waals surface area (Å²) in [5.74, 6) is -1.37. The lowest BCUT2D eigenvalue weighted by molar-refractivity contribution is -0.149. The van der Waals surface area contributed by atoms with Crippen LogP contribution in [-0.4, -0.2) is 36.2 Å². The second kappa shape index (κ2) is 33.4. The van der Waals surface area contributed by atoms with Crippen molar-refractivity contribution < 1.29 is 19.4 Å². The molecule has 0 bridgehead atoms. The number of esters is 1. The highest BCUT2D eigenvalue weighted by Gasteiger charge is 2.21. The molecule has 0 fully saturated rings. The van der Waals surface area contributed by atoms with Crippen molar-refractivity contribution >= 4 is 11.9 Å². The molecule has 41 heavy (non-hydrogen) atoms. The first-order valence-electron chi connectivity index (χ1n) is 18.2. The Kier molecular flexibility index (Phi) is 32.5. The molecule has 0 spiro atoms. The van der Waals surface area contributed by atoms with E-state index in [1.807, 2.05) is 0 Å². The van der Waals surface area contributed by atoms with Crippen molar-refractivity contribution in [3.05, 3.63) is 0 Å². The quantitative estimate of drug-likeness (QED) is 0.0584. The van der Waals surface area contributed by atoms with Crippen LogP contribution in [0.3, 0.4) is 0 Å². The second-order valence-electron chi connectivity index (χ2n) is 12.5. The third kappa shape index (κ3) is 31.7. The summed E-state index contributed by atoms with van der Waals surface area (Å²) in [5, 5.41) is 12.5. The molecule has 1 unspecified atom stereocenters. The minimum Gasteiger partial charge on any atom is -0.480 e. The van der Waals surface area contributed by atoms with Gasteiger partial charge in [0.15, 0.2) is 0 Å². The molecular formula is C36H71NO4. The third-order valence-electron chi connectivity index (χ3n) is 8.35. The van der Waals surface area contributed by atoms with E-state index in [0.717, 1.165) is 25.7 Å². The first kappa shape index (κ1) is 39.9. The zero-order chi connectivity index (χ0) is 30.1. The Morgan fingerprint density at radius 3 is 1.17 bits per heavy atom. The lowest BCUT2D eigenvalue weighted by Gasteiger charge is -2.14. The standard InChI is InChI=1S/C36H71NO4/c1-3-5-7-9-11-13-15-17-18-19-20-22-24-26-28-30-32-41-35(38)33-34(36(39)40)37-31-29-27-25-23-21-16-14-12-10-8-6-4-2/h34,37H,3-33H2,1-2H3,(H,39,40). The maximum atomic E-state index is 12.1. The number of carboxylic acid groups (broad SMARTS) is 1. The van der Waals surface area contributed by atoms with Gasteiger partial charge < -0.3 is 15.2 Å². The highest BCUT2D eigenvalue weighted by molar-refractivity contribution is 5.81. The molecule has 5 heteroatoms. The normalized spacial score (nSPS) is 12.0. The molecule has 0 aromatic carbocycles. The average molecular weight is 582 g/mol. The van der Waals surface area contributed by atoms with Crippen LogP contribution in [0.1, 0.15) is 200 Å². The number of unbranched alkanes of at least 4 members (excludes halogenated alkanes) is 26. The molecule has 1 atom stereocenters. The monoisotopic (exact) mass is 582 g/mol. The molecule has 0 saturated heterocycles. The predicted molar refractivity (Wildman–Crippen MR) is 176 cm³/mol. The molecule has 5 nitrogen and oxygen atoms in total. The van der Waals surface area contributed by atoms with Gasteiger partial charge in [0.2, 0.25) is 0 Å². The number of carbonyl (C=O) groups excluding carboxylic acids is 1. The van der Waals surface area contributed by atoms with E-state index in [-0.39, 0.29) is 6.42 Å². The van der Waals surface area contributed by atoms with E-state index in [1.54, 1.807) is 0 Å². The van der Waals surface area contributed by atoms with Gasteiger partial charge in [-0.15, -0.1) is 0 Å². The van der Waals surface area contributed by atoms with E-state index in [1.165, 1.54) is 154 Å². The van der Waals surface area contributed by atoms with Gasteiger partial charge in [0.25, 0.3) is 0 Å². The van der Waals surface area contributed by atoms with E-state index < -0.39 is 18.0 Å². The van der Waals surface area contributed by atoms with Gasteiger partial charge in [-0.1, -0.05) is 181 Å². The largest absolute Gasteiger partial charge is 0.480 e. The van der Waals surface area contributed by atoms with Gasteiger partial charge in [-0.2, -0.15) is 0 Å². The summed E-state index contributed by atoms with van der Waals surface area (Å²) in [4.78, 5) is 23.7. The number of carboxylic acids is 1. The summed E-state index contributed by atoms with van der Waals surface area (Å²) < 4.78 is 5.32. The van der Waals surface area contributed by atoms with Gasteiger partial charge in [0, 0.05) is 0 Å². The number of ether oxygens (including phenoxy) is 1. The number of hydrogen-bond acceptors (Lipinski definition) is 4. The SMILES string of the molecule is CCCCCCCCCCCCCCCCCCOC(=O)CC(NCCCCCCCCCCCCCC)C(=O)O. The summed E-state index contributed by atoms with van der Waals surface area (Å²) in [5.41, 5.74) is 0. The van der Waals surface area contributed by atoms with E-state index >= 15 is 0 Å². The van der Waals surface area contributed by atoms with Gasteiger partial charge in [-0.05, 0) is 19.4 Å². The first-order valence-corrected chi connectivity index (χ1v) is 18.2. The second-order valence-corrected chi connectivity index (χ2v) is 12.5. The predicted octanol–water partition coefficient (Wildman–Crippen LogP) is 10.9. The maximum Gasteiger partial charge on any atom is 0.321 e. The summed E-state index contributed by atoms with van der Waals surface area (Å²) >= 11 is 0.